The van der Waals surface area contributed by atoms with E-state index in [-0.39, 0.29) is 11.9 Å². The predicted octanol–water partition coefficient (Wildman–Crippen LogP) is 0.249. The zero-order valence-electron chi connectivity index (χ0n) is 9.75. The van der Waals surface area contributed by atoms with E-state index in [4.69, 9.17) is 5.73 Å². The van der Waals surface area contributed by atoms with Gasteiger partial charge in [0.05, 0.1) is 0 Å². The average molecular weight is 255 g/mol. The van der Waals surface area contributed by atoms with E-state index in [0.717, 1.165) is 25.9 Å². The Hall–Kier alpha value is -1.34. The Morgan fingerprint density at radius 3 is 3.06 bits per heavy atom. The van der Waals surface area contributed by atoms with Gasteiger partial charge in [0.2, 0.25) is 0 Å². The van der Waals surface area contributed by atoms with Crippen LogP contribution in [-0.4, -0.2) is 37.1 Å². The average Bonchev–Trinajstić information content (AvgIpc) is 2.72. The molecule has 6 nitrogen and oxygen atoms in total. The van der Waals surface area contributed by atoms with Gasteiger partial charge in [-0.2, -0.15) is 0 Å². The van der Waals surface area contributed by atoms with Crippen molar-refractivity contribution < 1.29 is 4.79 Å². The van der Waals surface area contributed by atoms with E-state index in [1.807, 2.05) is 0 Å². The summed E-state index contributed by atoms with van der Waals surface area (Å²) < 4.78 is 0. The number of nitrogens with two attached hydrogens (primary N) is 1. The Morgan fingerprint density at radius 1 is 1.65 bits per heavy atom. The number of nitrogens with zero attached hydrogens (tertiary/aromatic N) is 1. The van der Waals surface area contributed by atoms with Crippen LogP contribution in [0, 0.1) is 0 Å². The van der Waals surface area contributed by atoms with Crippen LogP contribution >= 0.6 is 11.3 Å². The van der Waals surface area contributed by atoms with Crippen LogP contribution in [0.5, 0.6) is 0 Å². The molecule has 0 spiro atoms. The number of carbonyl (C=O) groups is 1. The summed E-state index contributed by atoms with van der Waals surface area (Å²) in [6.45, 7) is 1.85. The molecule has 1 aromatic rings. The van der Waals surface area contributed by atoms with E-state index in [0.29, 0.717) is 15.8 Å². The van der Waals surface area contributed by atoms with Crippen molar-refractivity contribution in [1.29, 1.82) is 0 Å². The molecular weight excluding hydrogens is 238 g/mol. The van der Waals surface area contributed by atoms with E-state index < -0.39 is 0 Å². The first-order valence-electron chi connectivity index (χ1n) is 5.66. The maximum Gasteiger partial charge on any atom is 0.265 e. The summed E-state index contributed by atoms with van der Waals surface area (Å²) in [5.74, 6) is 0.163. The number of rotatable bonds is 3. The van der Waals surface area contributed by atoms with Crippen LogP contribution in [0.15, 0.2) is 0 Å². The number of aromatic nitrogens is 1. The second kappa shape index (κ2) is 5.33. The SMILES string of the molecule is CNc1nc(N)c(C(=O)NC2CCCNC2)s1. The third-order valence-corrected chi connectivity index (χ3v) is 3.79. The molecule has 5 N–H and O–H groups in total. The normalized spacial score (nSPS) is 19.9. The molecular formula is C10H17N5OS. The summed E-state index contributed by atoms with van der Waals surface area (Å²) in [5.41, 5.74) is 5.71. The van der Waals surface area contributed by atoms with Crippen LogP contribution in [0.1, 0.15) is 22.5 Å². The van der Waals surface area contributed by atoms with Crippen LogP contribution in [-0.2, 0) is 0 Å². The number of hydrogen-bond donors (Lipinski definition) is 4. The number of carbonyl (C=O) groups excluding carboxylic acids is 1. The van der Waals surface area contributed by atoms with Crippen LogP contribution in [0.25, 0.3) is 0 Å². The monoisotopic (exact) mass is 255 g/mol. The zero-order valence-corrected chi connectivity index (χ0v) is 10.6. The van der Waals surface area contributed by atoms with Crippen molar-refractivity contribution in [3.8, 4) is 0 Å². The lowest BCUT2D eigenvalue weighted by Gasteiger charge is -2.23. The molecule has 1 aromatic heterocycles. The van der Waals surface area contributed by atoms with E-state index in [2.05, 4.69) is 20.9 Å². The summed E-state index contributed by atoms with van der Waals surface area (Å²) >= 11 is 1.28. The maximum atomic E-state index is 12.0. The number of nitrogens with one attached hydrogen (secondary N) is 3. The molecule has 1 atom stereocenters. The van der Waals surface area contributed by atoms with Crippen LogP contribution in [0.2, 0.25) is 0 Å². The third kappa shape index (κ3) is 2.86. The molecule has 94 valence electrons. The van der Waals surface area contributed by atoms with Gasteiger partial charge in [0, 0.05) is 19.6 Å². The van der Waals surface area contributed by atoms with Crippen molar-refractivity contribution >= 4 is 28.2 Å². The summed E-state index contributed by atoms with van der Waals surface area (Å²) in [4.78, 5) is 16.5. The number of thiazole rings is 1. The summed E-state index contributed by atoms with van der Waals surface area (Å²) in [5, 5.41) is 9.77. The lowest BCUT2D eigenvalue weighted by atomic mass is 10.1. The van der Waals surface area contributed by atoms with Crippen molar-refractivity contribution in [2.45, 2.75) is 18.9 Å². The van der Waals surface area contributed by atoms with Crippen molar-refractivity contribution in [3.63, 3.8) is 0 Å². The molecule has 0 aromatic carbocycles. The van der Waals surface area contributed by atoms with Gasteiger partial charge in [0.1, 0.15) is 10.7 Å². The van der Waals surface area contributed by atoms with Gasteiger partial charge >= 0.3 is 0 Å². The van der Waals surface area contributed by atoms with Crippen LogP contribution < -0.4 is 21.7 Å². The number of nitrogen functional groups attached to an aromatic ring is 1. The van der Waals surface area contributed by atoms with E-state index in [1.54, 1.807) is 7.05 Å². The van der Waals surface area contributed by atoms with Gasteiger partial charge in [0.15, 0.2) is 5.13 Å². The highest BCUT2D eigenvalue weighted by Crippen LogP contribution is 2.24. The Bertz CT molecular complexity index is 399. The first-order chi connectivity index (χ1) is 8.20. The van der Waals surface area contributed by atoms with E-state index in [9.17, 15) is 4.79 Å². The van der Waals surface area contributed by atoms with E-state index >= 15 is 0 Å². The van der Waals surface area contributed by atoms with Gasteiger partial charge in [-0.05, 0) is 19.4 Å². The minimum absolute atomic E-state index is 0.129. The first kappa shape index (κ1) is 12.1. The lowest BCUT2D eigenvalue weighted by molar-refractivity contribution is 0.0935. The zero-order chi connectivity index (χ0) is 12.3. The fraction of sp³-hybridized carbons (Fsp3) is 0.600. The number of piperidine rings is 1. The highest BCUT2D eigenvalue weighted by Gasteiger charge is 2.20. The van der Waals surface area contributed by atoms with Crippen molar-refractivity contribution in [2.75, 3.05) is 31.2 Å². The molecule has 1 amide bonds. The van der Waals surface area contributed by atoms with Crippen molar-refractivity contribution in [3.05, 3.63) is 4.88 Å². The van der Waals surface area contributed by atoms with Gasteiger partial charge in [-0.1, -0.05) is 11.3 Å². The summed E-state index contributed by atoms with van der Waals surface area (Å²) in [6, 6.07) is 0.191. The number of hydrogen-bond acceptors (Lipinski definition) is 6. The standard InChI is InChI=1S/C10H17N5OS/c1-12-10-15-8(11)7(17-10)9(16)14-6-3-2-4-13-5-6/h6,13H,2-5,11H2,1H3,(H,12,15)(H,14,16). The molecule has 0 aliphatic carbocycles. The fourth-order valence-corrected chi connectivity index (χ4v) is 2.57. The Labute approximate surface area is 104 Å². The van der Waals surface area contributed by atoms with Crippen LogP contribution in [0.4, 0.5) is 10.9 Å². The van der Waals surface area contributed by atoms with Gasteiger partial charge in [-0.3, -0.25) is 4.79 Å². The molecule has 1 saturated heterocycles. The molecule has 2 heterocycles. The van der Waals surface area contributed by atoms with Gasteiger partial charge in [-0.25, -0.2) is 4.98 Å². The Balaban J connectivity index is 2.00. The number of amides is 1. The Kier molecular flexibility index (Phi) is 3.80. The molecule has 17 heavy (non-hydrogen) atoms. The Morgan fingerprint density at radius 2 is 2.47 bits per heavy atom. The molecule has 1 unspecified atom stereocenters. The second-order valence-electron chi connectivity index (χ2n) is 4.00. The molecule has 0 bridgehead atoms. The minimum Gasteiger partial charge on any atom is -0.382 e. The highest BCUT2D eigenvalue weighted by atomic mass is 32.1. The molecule has 1 aliphatic rings. The third-order valence-electron chi connectivity index (χ3n) is 2.71. The van der Waals surface area contributed by atoms with Gasteiger partial charge < -0.3 is 21.7 Å². The first-order valence-corrected chi connectivity index (χ1v) is 6.48. The largest absolute Gasteiger partial charge is 0.382 e. The summed E-state index contributed by atoms with van der Waals surface area (Å²) in [7, 11) is 1.75. The number of anilines is 2. The maximum absolute atomic E-state index is 12.0. The molecule has 0 saturated carbocycles. The topological polar surface area (TPSA) is 92.1 Å². The quantitative estimate of drug-likeness (QED) is 0.621. The fourth-order valence-electron chi connectivity index (χ4n) is 1.83. The smallest absolute Gasteiger partial charge is 0.265 e. The lowest BCUT2D eigenvalue weighted by Crippen LogP contribution is -2.45. The van der Waals surface area contributed by atoms with E-state index in [1.165, 1.54) is 11.3 Å². The minimum atomic E-state index is -0.129. The van der Waals surface area contributed by atoms with Gasteiger partial charge in [-0.15, -0.1) is 0 Å². The molecule has 7 heteroatoms. The van der Waals surface area contributed by atoms with Crippen LogP contribution in [0.3, 0.4) is 0 Å². The second-order valence-corrected chi connectivity index (χ2v) is 5.00. The predicted molar refractivity (Wildman–Crippen MR) is 69.4 cm³/mol. The highest BCUT2D eigenvalue weighted by molar-refractivity contribution is 7.18. The molecule has 2 rings (SSSR count). The van der Waals surface area contributed by atoms with Crippen molar-refractivity contribution in [2.24, 2.45) is 0 Å². The molecule has 1 aliphatic heterocycles. The molecule has 1 fully saturated rings. The molecule has 0 radical (unpaired) electrons. The van der Waals surface area contributed by atoms with Gasteiger partial charge in [0.25, 0.3) is 5.91 Å². The van der Waals surface area contributed by atoms with Crippen molar-refractivity contribution in [1.82, 2.24) is 15.6 Å². The summed E-state index contributed by atoms with van der Waals surface area (Å²) in [6.07, 6.45) is 2.10.